The maximum atomic E-state index is 8.84. The zero-order valence-corrected chi connectivity index (χ0v) is 13.1. The van der Waals surface area contributed by atoms with Crippen LogP contribution >= 0.6 is 12.2 Å². The molecule has 0 aliphatic carbocycles. The standard InChI is InChI=1S/C17H17N3OS/c1-21-16-10-8-14(9-11-16)19-17(22)20(13-5-12-18)15-6-3-2-4-7-15/h2-4,6-11H,5,13H2,1H3,(H,19,22). The summed E-state index contributed by atoms with van der Waals surface area (Å²) >= 11 is 5.49. The average Bonchev–Trinajstić information content (AvgIpc) is 2.57. The Labute approximate surface area is 135 Å². The van der Waals surface area contributed by atoms with Crippen LogP contribution in [0, 0.1) is 11.3 Å². The van der Waals surface area contributed by atoms with Gasteiger partial charge >= 0.3 is 0 Å². The molecule has 0 bridgehead atoms. The quantitative estimate of drug-likeness (QED) is 0.851. The molecule has 0 saturated heterocycles. The SMILES string of the molecule is COc1ccc(NC(=S)N(CCC#N)c2ccccc2)cc1. The molecule has 2 aromatic rings. The van der Waals surface area contributed by atoms with Crippen LogP contribution in [0.1, 0.15) is 6.42 Å². The second-order valence-corrected chi connectivity index (χ2v) is 4.94. The third kappa shape index (κ3) is 4.21. The van der Waals surface area contributed by atoms with Crippen LogP contribution in [-0.4, -0.2) is 18.8 Å². The normalized spacial score (nSPS) is 9.64. The topological polar surface area (TPSA) is 48.3 Å². The number of ether oxygens (including phenoxy) is 1. The molecule has 112 valence electrons. The fraction of sp³-hybridized carbons (Fsp3) is 0.176. The van der Waals surface area contributed by atoms with Crippen molar-refractivity contribution in [2.45, 2.75) is 6.42 Å². The van der Waals surface area contributed by atoms with Crippen molar-refractivity contribution >= 4 is 28.7 Å². The number of rotatable bonds is 5. The van der Waals surface area contributed by atoms with Crippen LogP contribution in [-0.2, 0) is 0 Å². The molecule has 0 spiro atoms. The Bertz CT molecular complexity index is 650. The van der Waals surface area contributed by atoms with Crippen LogP contribution in [0.25, 0.3) is 0 Å². The number of nitrogens with one attached hydrogen (secondary N) is 1. The van der Waals surface area contributed by atoms with Gasteiger partial charge < -0.3 is 15.0 Å². The second-order valence-electron chi connectivity index (χ2n) is 4.55. The lowest BCUT2D eigenvalue weighted by molar-refractivity contribution is 0.415. The molecule has 0 atom stereocenters. The summed E-state index contributed by atoms with van der Waals surface area (Å²) in [7, 11) is 1.63. The maximum absolute atomic E-state index is 8.84. The summed E-state index contributed by atoms with van der Waals surface area (Å²) in [4.78, 5) is 1.92. The van der Waals surface area contributed by atoms with Gasteiger partial charge in [0.05, 0.1) is 19.6 Å². The van der Waals surface area contributed by atoms with Crippen molar-refractivity contribution in [1.29, 1.82) is 5.26 Å². The highest BCUT2D eigenvalue weighted by atomic mass is 32.1. The zero-order valence-electron chi connectivity index (χ0n) is 12.3. The molecular weight excluding hydrogens is 294 g/mol. The molecule has 0 amide bonds. The van der Waals surface area contributed by atoms with E-state index in [1.165, 1.54) is 0 Å². The lowest BCUT2D eigenvalue weighted by Crippen LogP contribution is -2.35. The smallest absolute Gasteiger partial charge is 0.177 e. The Kier molecular flexibility index (Phi) is 5.75. The fourth-order valence-electron chi connectivity index (χ4n) is 1.98. The van der Waals surface area contributed by atoms with Crippen molar-refractivity contribution in [2.75, 3.05) is 23.9 Å². The second kappa shape index (κ2) is 8.01. The molecule has 5 heteroatoms. The van der Waals surface area contributed by atoms with Gasteiger partial charge in [-0.1, -0.05) is 18.2 Å². The number of thiocarbonyl (C=S) groups is 1. The minimum absolute atomic E-state index is 0.402. The molecule has 22 heavy (non-hydrogen) atoms. The molecule has 0 aliphatic rings. The van der Waals surface area contributed by atoms with E-state index in [0.717, 1.165) is 17.1 Å². The molecule has 0 fully saturated rings. The first-order valence-electron chi connectivity index (χ1n) is 6.89. The van der Waals surface area contributed by atoms with Crippen molar-refractivity contribution in [3.05, 3.63) is 54.6 Å². The highest BCUT2D eigenvalue weighted by Gasteiger charge is 2.11. The van der Waals surface area contributed by atoms with E-state index in [0.29, 0.717) is 18.1 Å². The lowest BCUT2D eigenvalue weighted by Gasteiger charge is -2.25. The van der Waals surface area contributed by atoms with Gasteiger partial charge in [-0.2, -0.15) is 5.26 Å². The summed E-state index contributed by atoms with van der Waals surface area (Å²) in [6, 6.07) is 19.5. The molecule has 0 heterocycles. The largest absolute Gasteiger partial charge is 0.497 e. The molecule has 0 aromatic heterocycles. The minimum Gasteiger partial charge on any atom is -0.497 e. The van der Waals surface area contributed by atoms with Crippen LogP contribution < -0.4 is 15.0 Å². The Hall–Kier alpha value is -2.58. The average molecular weight is 311 g/mol. The molecule has 0 aliphatic heterocycles. The van der Waals surface area contributed by atoms with E-state index in [-0.39, 0.29) is 0 Å². The highest BCUT2D eigenvalue weighted by Crippen LogP contribution is 2.18. The van der Waals surface area contributed by atoms with Crippen molar-refractivity contribution in [1.82, 2.24) is 0 Å². The minimum atomic E-state index is 0.402. The maximum Gasteiger partial charge on any atom is 0.177 e. The van der Waals surface area contributed by atoms with Gasteiger partial charge in [0, 0.05) is 17.9 Å². The molecule has 2 rings (SSSR count). The van der Waals surface area contributed by atoms with Gasteiger partial charge in [0.1, 0.15) is 5.75 Å². The molecule has 0 saturated carbocycles. The molecule has 2 aromatic carbocycles. The van der Waals surface area contributed by atoms with Gasteiger partial charge in [0.15, 0.2) is 5.11 Å². The Balaban J connectivity index is 2.13. The first-order chi connectivity index (χ1) is 10.7. The number of nitriles is 1. The van der Waals surface area contributed by atoms with Crippen LogP contribution in [0.5, 0.6) is 5.75 Å². The lowest BCUT2D eigenvalue weighted by atomic mass is 10.2. The third-order valence-electron chi connectivity index (χ3n) is 3.10. The predicted molar refractivity (Wildman–Crippen MR) is 93.2 cm³/mol. The number of methoxy groups -OCH3 is 1. The number of hydrogen-bond acceptors (Lipinski definition) is 3. The van der Waals surface area contributed by atoms with Crippen molar-refractivity contribution in [3.63, 3.8) is 0 Å². The van der Waals surface area contributed by atoms with Crippen molar-refractivity contribution in [2.24, 2.45) is 0 Å². The molecular formula is C17H17N3OS. The first-order valence-corrected chi connectivity index (χ1v) is 7.30. The van der Waals surface area contributed by atoms with E-state index in [4.69, 9.17) is 22.2 Å². The number of nitrogens with zero attached hydrogens (tertiary/aromatic N) is 2. The Morgan fingerprint density at radius 1 is 1.18 bits per heavy atom. The first kappa shape index (κ1) is 15.8. The number of benzene rings is 2. The van der Waals surface area contributed by atoms with Crippen LogP contribution in [0.4, 0.5) is 11.4 Å². The summed E-state index contributed by atoms with van der Waals surface area (Å²) in [5.41, 5.74) is 1.84. The van der Waals surface area contributed by atoms with Gasteiger partial charge in [-0.25, -0.2) is 0 Å². The van der Waals surface area contributed by atoms with E-state index in [1.54, 1.807) is 7.11 Å². The molecule has 0 radical (unpaired) electrons. The van der Waals surface area contributed by atoms with E-state index in [1.807, 2.05) is 59.5 Å². The van der Waals surface area contributed by atoms with Crippen molar-refractivity contribution in [3.8, 4) is 11.8 Å². The molecule has 0 unspecified atom stereocenters. The fourth-order valence-corrected chi connectivity index (χ4v) is 2.30. The summed E-state index contributed by atoms with van der Waals surface area (Å²) in [5.74, 6) is 0.792. The summed E-state index contributed by atoms with van der Waals surface area (Å²) in [6.45, 7) is 0.544. The van der Waals surface area contributed by atoms with Gasteiger partial charge in [0.2, 0.25) is 0 Å². The van der Waals surface area contributed by atoms with E-state index < -0.39 is 0 Å². The third-order valence-corrected chi connectivity index (χ3v) is 3.42. The number of hydrogen-bond donors (Lipinski definition) is 1. The predicted octanol–water partition coefficient (Wildman–Crippen LogP) is 3.81. The van der Waals surface area contributed by atoms with Gasteiger partial charge in [-0.3, -0.25) is 0 Å². The van der Waals surface area contributed by atoms with E-state index in [9.17, 15) is 0 Å². The summed E-state index contributed by atoms with van der Waals surface area (Å²) < 4.78 is 5.14. The zero-order chi connectivity index (χ0) is 15.8. The van der Waals surface area contributed by atoms with Gasteiger partial charge in [0.25, 0.3) is 0 Å². The molecule has 4 nitrogen and oxygen atoms in total. The van der Waals surface area contributed by atoms with Crippen LogP contribution in [0.2, 0.25) is 0 Å². The molecule has 1 N–H and O–H groups in total. The highest BCUT2D eigenvalue weighted by molar-refractivity contribution is 7.80. The van der Waals surface area contributed by atoms with Crippen molar-refractivity contribution < 1.29 is 4.74 Å². The van der Waals surface area contributed by atoms with E-state index >= 15 is 0 Å². The van der Waals surface area contributed by atoms with Gasteiger partial charge in [-0.15, -0.1) is 0 Å². The Morgan fingerprint density at radius 3 is 2.45 bits per heavy atom. The monoisotopic (exact) mass is 311 g/mol. The summed E-state index contributed by atoms with van der Waals surface area (Å²) in [6.07, 6.45) is 0.402. The Morgan fingerprint density at radius 2 is 1.86 bits per heavy atom. The number of para-hydroxylation sites is 1. The summed E-state index contributed by atoms with van der Waals surface area (Å²) in [5, 5.41) is 12.6. The van der Waals surface area contributed by atoms with E-state index in [2.05, 4.69) is 11.4 Å². The van der Waals surface area contributed by atoms with Crippen LogP contribution in [0.3, 0.4) is 0 Å². The van der Waals surface area contributed by atoms with Gasteiger partial charge in [-0.05, 0) is 48.6 Å². The van der Waals surface area contributed by atoms with Crippen LogP contribution in [0.15, 0.2) is 54.6 Å². The number of anilines is 2.